The van der Waals surface area contributed by atoms with Crippen molar-refractivity contribution >= 4 is 40.8 Å². The fourth-order valence-corrected chi connectivity index (χ4v) is 4.44. The molecule has 2 N–H and O–H groups in total. The molecule has 2 aromatic rings. The van der Waals surface area contributed by atoms with Crippen LogP contribution in [-0.2, 0) is 16.1 Å². The molecular formula is C27H34ClN5O3. The van der Waals surface area contributed by atoms with E-state index in [0.29, 0.717) is 43.4 Å². The predicted molar refractivity (Wildman–Crippen MR) is 142 cm³/mol. The molecule has 0 atom stereocenters. The van der Waals surface area contributed by atoms with Crippen molar-refractivity contribution in [3.8, 4) is 0 Å². The summed E-state index contributed by atoms with van der Waals surface area (Å²) in [5.74, 6) is -0.239. The molecule has 0 spiro atoms. The minimum atomic E-state index is -0.283. The quantitative estimate of drug-likeness (QED) is 0.562. The maximum atomic E-state index is 13.0. The van der Waals surface area contributed by atoms with Crippen LogP contribution in [0, 0.1) is 5.92 Å². The second-order valence-electron chi connectivity index (χ2n) is 9.74. The van der Waals surface area contributed by atoms with Crippen molar-refractivity contribution in [2.24, 2.45) is 5.92 Å². The van der Waals surface area contributed by atoms with E-state index in [1.165, 1.54) is 0 Å². The van der Waals surface area contributed by atoms with Crippen LogP contribution in [0.3, 0.4) is 0 Å². The molecule has 4 rings (SSSR count). The first-order valence-electron chi connectivity index (χ1n) is 12.5. The summed E-state index contributed by atoms with van der Waals surface area (Å²) in [6.45, 7) is 6.84. The molecule has 1 saturated carbocycles. The maximum Gasteiger partial charge on any atom is 0.317 e. The Kier molecular flexibility index (Phi) is 8.36. The van der Waals surface area contributed by atoms with E-state index in [2.05, 4.69) is 15.5 Å². The van der Waals surface area contributed by atoms with Gasteiger partial charge in [-0.25, -0.2) is 4.79 Å². The van der Waals surface area contributed by atoms with Crippen molar-refractivity contribution < 1.29 is 14.4 Å². The highest BCUT2D eigenvalue weighted by atomic mass is 35.5. The van der Waals surface area contributed by atoms with Crippen LogP contribution in [-0.4, -0.2) is 66.4 Å². The largest absolute Gasteiger partial charge is 0.368 e. The number of hydrogen-bond donors (Lipinski definition) is 2. The molecule has 8 nitrogen and oxygen atoms in total. The van der Waals surface area contributed by atoms with Crippen LogP contribution in [0.25, 0.3) is 0 Å². The van der Waals surface area contributed by atoms with E-state index in [1.54, 1.807) is 11.0 Å². The van der Waals surface area contributed by atoms with Gasteiger partial charge in [-0.3, -0.25) is 9.59 Å². The first kappa shape index (κ1) is 25.8. The van der Waals surface area contributed by atoms with Crippen LogP contribution in [0.1, 0.15) is 32.3 Å². The Morgan fingerprint density at radius 2 is 1.72 bits per heavy atom. The molecule has 36 heavy (non-hydrogen) atoms. The predicted octanol–water partition coefficient (Wildman–Crippen LogP) is 3.96. The first-order valence-corrected chi connectivity index (χ1v) is 12.9. The first-order chi connectivity index (χ1) is 17.3. The number of halogens is 1. The highest BCUT2D eigenvalue weighted by Crippen LogP contribution is 2.32. The van der Waals surface area contributed by atoms with Gasteiger partial charge in [0.25, 0.3) is 0 Å². The van der Waals surface area contributed by atoms with Crippen LogP contribution < -0.4 is 15.5 Å². The van der Waals surface area contributed by atoms with Gasteiger partial charge in [0.2, 0.25) is 11.8 Å². The smallest absolute Gasteiger partial charge is 0.317 e. The van der Waals surface area contributed by atoms with E-state index in [4.69, 9.17) is 11.6 Å². The number of piperazine rings is 1. The lowest BCUT2D eigenvalue weighted by Gasteiger charge is -2.36. The number of nitrogens with zero attached hydrogens (tertiary/aromatic N) is 3. The summed E-state index contributed by atoms with van der Waals surface area (Å²) in [7, 11) is 0. The zero-order valence-corrected chi connectivity index (χ0v) is 21.6. The molecule has 0 aromatic heterocycles. The minimum Gasteiger partial charge on any atom is -0.368 e. The average molecular weight is 512 g/mol. The molecule has 2 fully saturated rings. The molecular weight excluding hydrogens is 478 g/mol. The Balaban J connectivity index is 1.38. The summed E-state index contributed by atoms with van der Waals surface area (Å²) >= 11 is 6.41. The molecule has 4 amide bonds. The number of nitrogens with one attached hydrogen (secondary N) is 2. The number of amides is 4. The molecule has 1 aliphatic heterocycles. The molecule has 0 unspecified atom stereocenters. The van der Waals surface area contributed by atoms with E-state index < -0.39 is 0 Å². The Morgan fingerprint density at radius 3 is 2.36 bits per heavy atom. The van der Waals surface area contributed by atoms with Crippen molar-refractivity contribution in [3.05, 3.63) is 59.1 Å². The maximum absolute atomic E-state index is 13.0. The Bertz CT molecular complexity index is 1080. The van der Waals surface area contributed by atoms with Gasteiger partial charge in [-0.05, 0) is 50.5 Å². The zero-order valence-electron chi connectivity index (χ0n) is 20.9. The van der Waals surface area contributed by atoms with E-state index in [-0.39, 0.29) is 36.3 Å². The normalized spacial score (nSPS) is 15.6. The standard InChI is InChI=1S/C27H34ClN5O3/c1-19(2)29-27(36)32-14-12-31(13-15-32)22-10-11-23(28)24(16-22)30-25(34)18-33(26(35)21-8-9-21)17-20-6-4-3-5-7-20/h3-7,10-11,16,19,21H,8-9,12-15,17-18H2,1-2H3,(H,29,36)(H,30,34). The summed E-state index contributed by atoms with van der Waals surface area (Å²) in [5.41, 5.74) is 2.42. The summed E-state index contributed by atoms with van der Waals surface area (Å²) in [5, 5.41) is 6.27. The van der Waals surface area contributed by atoms with Gasteiger partial charge in [0.15, 0.2) is 0 Å². The molecule has 2 aromatic carbocycles. The fourth-order valence-electron chi connectivity index (χ4n) is 4.28. The summed E-state index contributed by atoms with van der Waals surface area (Å²) in [6, 6.07) is 15.3. The van der Waals surface area contributed by atoms with Gasteiger partial charge < -0.3 is 25.3 Å². The van der Waals surface area contributed by atoms with Crippen molar-refractivity contribution in [1.29, 1.82) is 0 Å². The van der Waals surface area contributed by atoms with Gasteiger partial charge in [-0.2, -0.15) is 0 Å². The molecule has 1 saturated heterocycles. The molecule has 2 aliphatic rings. The summed E-state index contributed by atoms with van der Waals surface area (Å²) < 4.78 is 0. The van der Waals surface area contributed by atoms with Gasteiger partial charge in [0, 0.05) is 50.4 Å². The second kappa shape index (κ2) is 11.6. The Morgan fingerprint density at radius 1 is 1.03 bits per heavy atom. The third kappa shape index (κ3) is 6.91. The van der Waals surface area contributed by atoms with Crippen molar-refractivity contribution in [3.63, 3.8) is 0 Å². The molecule has 1 heterocycles. The SMILES string of the molecule is CC(C)NC(=O)N1CCN(c2ccc(Cl)c(NC(=O)CN(Cc3ccccc3)C(=O)C3CC3)c2)CC1. The Hall–Kier alpha value is -3.26. The molecule has 0 bridgehead atoms. The number of hydrogen-bond acceptors (Lipinski definition) is 4. The van der Waals surface area contributed by atoms with Crippen LogP contribution >= 0.6 is 11.6 Å². The molecule has 9 heteroatoms. The van der Waals surface area contributed by atoms with Crippen LogP contribution in [0.2, 0.25) is 5.02 Å². The molecule has 192 valence electrons. The van der Waals surface area contributed by atoms with E-state index in [9.17, 15) is 14.4 Å². The van der Waals surface area contributed by atoms with Crippen molar-refractivity contribution in [1.82, 2.24) is 15.1 Å². The number of carbonyl (C=O) groups is 3. The number of urea groups is 1. The third-order valence-electron chi connectivity index (χ3n) is 6.36. The summed E-state index contributed by atoms with van der Waals surface area (Å²) in [4.78, 5) is 43.7. The fraction of sp³-hybridized carbons (Fsp3) is 0.444. The monoisotopic (exact) mass is 511 g/mol. The van der Waals surface area contributed by atoms with E-state index >= 15 is 0 Å². The van der Waals surface area contributed by atoms with Crippen molar-refractivity contribution in [2.75, 3.05) is 42.9 Å². The highest BCUT2D eigenvalue weighted by Gasteiger charge is 2.34. The van der Waals surface area contributed by atoms with Crippen LogP contribution in [0.15, 0.2) is 48.5 Å². The molecule has 1 aliphatic carbocycles. The number of rotatable bonds is 8. The van der Waals surface area contributed by atoms with Gasteiger partial charge in [0.1, 0.15) is 6.54 Å². The van der Waals surface area contributed by atoms with Gasteiger partial charge in [-0.1, -0.05) is 41.9 Å². The Labute approximate surface area is 217 Å². The lowest BCUT2D eigenvalue weighted by molar-refractivity contribution is -0.136. The van der Waals surface area contributed by atoms with Crippen LogP contribution in [0.4, 0.5) is 16.2 Å². The van der Waals surface area contributed by atoms with Crippen LogP contribution in [0.5, 0.6) is 0 Å². The molecule has 0 radical (unpaired) electrons. The van der Waals surface area contributed by atoms with Gasteiger partial charge in [-0.15, -0.1) is 0 Å². The number of benzene rings is 2. The van der Waals surface area contributed by atoms with E-state index in [0.717, 1.165) is 24.1 Å². The second-order valence-corrected chi connectivity index (χ2v) is 10.2. The topological polar surface area (TPSA) is 85.0 Å². The lowest BCUT2D eigenvalue weighted by atomic mass is 10.2. The minimum absolute atomic E-state index is 0.0215. The van der Waals surface area contributed by atoms with Gasteiger partial charge in [0.05, 0.1) is 10.7 Å². The number of carbonyl (C=O) groups excluding carboxylic acids is 3. The summed E-state index contributed by atoms with van der Waals surface area (Å²) in [6.07, 6.45) is 1.76. The van der Waals surface area contributed by atoms with Crippen molar-refractivity contribution in [2.45, 2.75) is 39.3 Å². The highest BCUT2D eigenvalue weighted by molar-refractivity contribution is 6.33. The van der Waals surface area contributed by atoms with Gasteiger partial charge >= 0.3 is 6.03 Å². The van der Waals surface area contributed by atoms with E-state index in [1.807, 2.05) is 61.2 Å². The number of anilines is 2. The zero-order chi connectivity index (χ0) is 25.7. The third-order valence-corrected chi connectivity index (χ3v) is 6.69. The lowest BCUT2D eigenvalue weighted by Crippen LogP contribution is -2.52. The average Bonchev–Trinajstić information content (AvgIpc) is 3.70.